The summed E-state index contributed by atoms with van der Waals surface area (Å²) in [6.07, 6.45) is 4.43. The first-order valence-corrected chi connectivity index (χ1v) is 22.3. The molecule has 4 aliphatic heterocycles. The summed E-state index contributed by atoms with van der Waals surface area (Å²) < 4.78 is 5.43. The van der Waals surface area contributed by atoms with Crippen molar-refractivity contribution >= 4 is 58.4 Å². The third-order valence-corrected chi connectivity index (χ3v) is 13.8. The number of amidine groups is 2. The fraction of sp³-hybridized carbons (Fsp3) is 0.378. The summed E-state index contributed by atoms with van der Waals surface area (Å²) in [4.78, 5) is 46.5. The molecular formula is C45H50N8O3S2. The van der Waals surface area contributed by atoms with Gasteiger partial charge in [0.2, 0.25) is 0 Å². The normalized spacial score (nSPS) is 19.1. The molecule has 300 valence electrons. The molecule has 0 aromatic heterocycles. The summed E-state index contributed by atoms with van der Waals surface area (Å²) in [5, 5.41) is 13.6. The average molecular weight is 815 g/mol. The number of hydrogen-bond donors (Lipinski definition) is 4. The van der Waals surface area contributed by atoms with E-state index in [9.17, 15) is 9.59 Å². The van der Waals surface area contributed by atoms with Gasteiger partial charge in [-0.2, -0.15) is 0 Å². The molecular weight excluding hydrogens is 765 g/mol. The predicted octanol–water partition coefficient (Wildman–Crippen LogP) is 6.76. The number of nitrogens with one attached hydrogen (secondary N) is 4. The number of nitrogens with zero attached hydrogens (tertiary/aromatic N) is 4. The molecule has 1 aliphatic carbocycles. The lowest BCUT2D eigenvalue weighted by Gasteiger charge is -2.37. The van der Waals surface area contributed by atoms with Crippen molar-refractivity contribution < 1.29 is 14.3 Å². The number of amides is 2. The first-order valence-electron chi connectivity index (χ1n) is 20.7. The minimum atomic E-state index is -0.135. The molecule has 1 unspecified atom stereocenters. The minimum Gasteiger partial charge on any atom is -0.380 e. The number of aliphatic imine (C=N–C) groups is 2. The third-order valence-electron chi connectivity index (χ3n) is 11.4. The number of ether oxygens (including phenoxy) is 1. The van der Waals surface area contributed by atoms with Crippen LogP contribution in [0.5, 0.6) is 0 Å². The highest BCUT2D eigenvalue weighted by molar-refractivity contribution is 8.00. The molecule has 3 fully saturated rings. The van der Waals surface area contributed by atoms with E-state index in [4.69, 9.17) is 14.7 Å². The number of piperazine rings is 2. The van der Waals surface area contributed by atoms with Gasteiger partial charge in [-0.25, -0.2) is 9.98 Å². The number of benzene rings is 4. The van der Waals surface area contributed by atoms with Crippen LogP contribution >= 0.6 is 23.5 Å². The summed E-state index contributed by atoms with van der Waals surface area (Å²) in [6.45, 7) is 9.25. The SMILES string of the molecule is CCOCCNC(=O)c1ccc2c(c1)N=C(N1CCNC(c3cccc4c3Sc3ccc(C(=O)NC5CCCC5)cc3N=C4N3CCNCC3)C1)c1ccccc1S2. The van der Waals surface area contributed by atoms with Crippen molar-refractivity contribution in [3.8, 4) is 0 Å². The number of fused-ring (bicyclic) bond motifs is 4. The Labute approximate surface area is 348 Å². The van der Waals surface area contributed by atoms with Gasteiger partial charge in [-0.15, -0.1) is 0 Å². The highest BCUT2D eigenvalue weighted by Gasteiger charge is 2.32. The summed E-state index contributed by atoms with van der Waals surface area (Å²) >= 11 is 3.44. The number of rotatable bonds is 8. The van der Waals surface area contributed by atoms with Gasteiger partial charge in [0, 0.05) is 107 Å². The first-order chi connectivity index (χ1) is 28.5. The maximum atomic E-state index is 13.4. The Bertz CT molecular complexity index is 2250. The van der Waals surface area contributed by atoms with Crippen molar-refractivity contribution in [3.05, 3.63) is 107 Å². The van der Waals surface area contributed by atoms with Gasteiger partial charge < -0.3 is 35.8 Å². The summed E-state index contributed by atoms with van der Waals surface area (Å²) in [7, 11) is 0. The molecule has 0 radical (unpaired) electrons. The van der Waals surface area contributed by atoms with Crippen molar-refractivity contribution in [2.24, 2.45) is 9.98 Å². The van der Waals surface area contributed by atoms with Gasteiger partial charge in [0.25, 0.3) is 11.8 Å². The molecule has 4 N–H and O–H groups in total. The second-order valence-corrected chi connectivity index (χ2v) is 17.4. The van der Waals surface area contributed by atoms with E-state index in [1.165, 1.54) is 23.3 Å². The van der Waals surface area contributed by atoms with Crippen LogP contribution in [0.15, 0.2) is 108 Å². The Hall–Kier alpha value is -4.66. The smallest absolute Gasteiger partial charge is 0.251 e. The van der Waals surface area contributed by atoms with E-state index in [0.717, 1.165) is 101 Å². The van der Waals surface area contributed by atoms with Gasteiger partial charge in [0.15, 0.2) is 0 Å². The summed E-state index contributed by atoms with van der Waals surface area (Å²) in [6, 6.07) is 27.2. The van der Waals surface area contributed by atoms with Gasteiger partial charge in [-0.3, -0.25) is 9.59 Å². The molecule has 5 aliphatic rings. The topological polar surface area (TPSA) is 123 Å². The van der Waals surface area contributed by atoms with E-state index in [1.807, 2.05) is 37.3 Å². The zero-order valence-electron chi connectivity index (χ0n) is 32.9. The van der Waals surface area contributed by atoms with Gasteiger partial charge in [-0.05, 0) is 67.8 Å². The van der Waals surface area contributed by atoms with Gasteiger partial charge in [-0.1, -0.05) is 72.8 Å². The first kappa shape index (κ1) is 38.8. The molecule has 0 bridgehead atoms. The molecule has 58 heavy (non-hydrogen) atoms. The van der Waals surface area contributed by atoms with Gasteiger partial charge >= 0.3 is 0 Å². The van der Waals surface area contributed by atoms with E-state index in [2.05, 4.69) is 79.6 Å². The van der Waals surface area contributed by atoms with Crippen LogP contribution in [0.1, 0.15) is 76.1 Å². The van der Waals surface area contributed by atoms with Crippen LogP contribution in [0.4, 0.5) is 11.4 Å². The van der Waals surface area contributed by atoms with Crippen molar-refractivity contribution in [3.63, 3.8) is 0 Å². The van der Waals surface area contributed by atoms with Crippen LogP contribution in [0.3, 0.4) is 0 Å². The minimum absolute atomic E-state index is 0.00572. The van der Waals surface area contributed by atoms with Crippen LogP contribution in [0, 0.1) is 0 Å². The van der Waals surface area contributed by atoms with E-state index in [1.54, 1.807) is 23.5 Å². The van der Waals surface area contributed by atoms with Crippen molar-refractivity contribution in [2.75, 3.05) is 65.6 Å². The average Bonchev–Trinajstić information content (AvgIpc) is 3.64. The fourth-order valence-electron chi connectivity index (χ4n) is 8.43. The molecule has 1 atom stereocenters. The van der Waals surface area contributed by atoms with E-state index >= 15 is 0 Å². The number of carbonyl (C=O) groups is 2. The van der Waals surface area contributed by atoms with Crippen molar-refractivity contribution in [1.82, 2.24) is 31.1 Å². The highest BCUT2D eigenvalue weighted by atomic mass is 32.2. The summed E-state index contributed by atoms with van der Waals surface area (Å²) in [5.74, 6) is 1.71. The lowest BCUT2D eigenvalue weighted by molar-refractivity contribution is 0.0919. The molecule has 11 nitrogen and oxygen atoms in total. The number of carbonyl (C=O) groups excluding carboxylic acids is 2. The second-order valence-electron chi connectivity index (χ2n) is 15.3. The van der Waals surface area contributed by atoms with Crippen LogP contribution in [0.25, 0.3) is 0 Å². The van der Waals surface area contributed by atoms with E-state index in [0.29, 0.717) is 37.4 Å². The lowest BCUT2D eigenvalue weighted by atomic mass is 9.99. The largest absolute Gasteiger partial charge is 0.380 e. The third kappa shape index (κ3) is 8.28. The van der Waals surface area contributed by atoms with Gasteiger partial charge in [0.05, 0.1) is 24.0 Å². The number of hydrogen-bond acceptors (Lipinski definition) is 11. The molecule has 4 aromatic carbocycles. The molecule has 4 heterocycles. The Morgan fingerprint density at radius 2 is 1.47 bits per heavy atom. The Balaban J connectivity index is 1.04. The fourth-order valence-corrected chi connectivity index (χ4v) is 10.6. The maximum absolute atomic E-state index is 13.4. The van der Waals surface area contributed by atoms with Crippen LogP contribution in [-0.2, 0) is 4.74 Å². The molecule has 9 rings (SSSR count). The van der Waals surface area contributed by atoms with E-state index < -0.39 is 0 Å². The maximum Gasteiger partial charge on any atom is 0.251 e. The highest BCUT2D eigenvalue weighted by Crippen LogP contribution is 2.46. The molecule has 2 saturated heterocycles. The standard InChI is InChI=1S/C45H50N8O3S2/c1-2-56-25-21-48-44(54)29-14-16-39-35(26-29)50-42(33-10-5-6-13-38(33)57-39)53-24-20-47-37(28-53)32-11-7-12-34-41(32)58-40-17-15-30(45(55)49-31-8-3-4-9-31)27-36(40)51-43(34)52-22-18-46-19-23-52/h5-7,10-17,26-27,31,37,46-47H,2-4,8-9,18-25,28H2,1H3,(H,48,54)(H,49,55). The quantitative estimate of drug-likeness (QED) is 0.143. The zero-order chi connectivity index (χ0) is 39.4. The van der Waals surface area contributed by atoms with Crippen molar-refractivity contribution in [1.29, 1.82) is 0 Å². The Morgan fingerprint density at radius 3 is 2.24 bits per heavy atom. The van der Waals surface area contributed by atoms with Crippen LogP contribution < -0.4 is 21.3 Å². The van der Waals surface area contributed by atoms with Crippen LogP contribution in [-0.4, -0.2) is 105 Å². The lowest BCUT2D eigenvalue weighted by Crippen LogP contribution is -2.49. The van der Waals surface area contributed by atoms with Gasteiger partial charge in [0.1, 0.15) is 11.7 Å². The zero-order valence-corrected chi connectivity index (χ0v) is 34.5. The Morgan fingerprint density at radius 1 is 0.776 bits per heavy atom. The molecule has 1 saturated carbocycles. The second kappa shape index (κ2) is 17.7. The molecule has 0 spiro atoms. The molecule has 13 heteroatoms. The Kier molecular flexibility index (Phi) is 11.8. The predicted molar refractivity (Wildman–Crippen MR) is 232 cm³/mol. The monoisotopic (exact) mass is 814 g/mol. The molecule has 4 aromatic rings. The van der Waals surface area contributed by atoms with Crippen molar-refractivity contribution in [2.45, 2.75) is 64.3 Å². The van der Waals surface area contributed by atoms with E-state index in [-0.39, 0.29) is 23.9 Å². The molecule has 2 amide bonds. The summed E-state index contributed by atoms with van der Waals surface area (Å²) in [5.41, 5.74) is 6.28. The van der Waals surface area contributed by atoms with Crippen LogP contribution in [0.2, 0.25) is 0 Å².